The largest absolute Gasteiger partial charge is 0.390 e. The highest BCUT2D eigenvalue weighted by atomic mass is 35.5. The fourth-order valence-electron chi connectivity index (χ4n) is 3.27. The van der Waals surface area contributed by atoms with Crippen LogP contribution in [0.1, 0.15) is 6.04 Å². The summed E-state index contributed by atoms with van der Waals surface area (Å²) in [6.07, 6.45) is 3.38. The number of β-amino-alcohol motifs (C(OH)–C–C–N with tert-alkyl or cyclic N) is 1. The van der Waals surface area contributed by atoms with Crippen molar-refractivity contribution in [3.05, 3.63) is 67.0 Å². The molecule has 0 radical (unpaired) electrons. The van der Waals surface area contributed by atoms with Crippen LogP contribution in [-0.4, -0.2) is 33.9 Å². The average molecular weight is 378 g/mol. The number of halogens is 2. The van der Waals surface area contributed by atoms with Gasteiger partial charge >= 0.3 is 0 Å². The second-order valence-corrected chi connectivity index (χ2v) is 5.86. The first-order valence-corrected chi connectivity index (χ1v) is 7.91. The minimum atomic E-state index is -0.383. The van der Waals surface area contributed by atoms with E-state index >= 15 is 0 Å². The molecule has 0 spiro atoms. The van der Waals surface area contributed by atoms with Gasteiger partial charge in [-0.1, -0.05) is 54.6 Å². The molecule has 0 saturated carbocycles. The summed E-state index contributed by atoms with van der Waals surface area (Å²) in [5.41, 5.74) is 3.41. The Labute approximate surface area is 159 Å². The van der Waals surface area contributed by atoms with Crippen LogP contribution in [0.25, 0.3) is 22.5 Å². The van der Waals surface area contributed by atoms with Crippen molar-refractivity contribution in [2.45, 2.75) is 12.1 Å². The van der Waals surface area contributed by atoms with E-state index in [1.54, 1.807) is 0 Å². The maximum Gasteiger partial charge on any atom is 0.140 e. The summed E-state index contributed by atoms with van der Waals surface area (Å²) in [5, 5.41) is 13.4. The van der Waals surface area contributed by atoms with E-state index in [2.05, 4.69) is 39.1 Å². The fraction of sp³-hybridized carbons (Fsp3) is 0.211. The van der Waals surface area contributed by atoms with E-state index in [1.165, 1.54) is 5.56 Å². The Hall–Kier alpha value is -1.85. The van der Waals surface area contributed by atoms with Crippen LogP contribution in [-0.2, 0) is 0 Å². The van der Waals surface area contributed by atoms with E-state index in [-0.39, 0.29) is 37.0 Å². The molecule has 0 aliphatic carbocycles. The lowest BCUT2D eigenvalue weighted by molar-refractivity contribution is 0.151. The minimum absolute atomic E-state index is 0. The maximum atomic E-state index is 10.2. The zero-order valence-electron chi connectivity index (χ0n) is 13.6. The molecule has 2 heterocycles. The summed E-state index contributed by atoms with van der Waals surface area (Å²) < 4.78 is 2.09. The Morgan fingerprint density at radius 2 is 1.60 bits per heavy atom. The van der Waals surface area contributed by atoms with Gasteiger partial charge in [0.1, 0.15) is 5.82 Å². The molecule has 4 nitrogen and oxygen atoms in total. The molecule has 1 aromatic heterocycles. The van der Waals surface area contributed by atoms with Crippen molar-refractivity contribution >= 4 is 24.8 Å². The van der Waals surface area contributed by atoms with Crippen LogP contribution in [0.2, 0.25) is 0 Å². The van der Waals surface area contributed by atoms with Gasteiger partial charge in [0, 0.05) is 31.0 Å². The van der Waals surface area contributed by atoms with Crippen LogP contribution in [0.5, 0.6) is 0 Å². The summed E-state index contributed by atoms with van der Waals surface area (Å²) in [5.74, 6) is 0.900. The number of hydrogen-bond acceptors (Lipinski definition) is 3. The van der Waals surface area contributed by atoms with Gasteiger partial charge in [-0.3, -0.25) is 0 Å². The van der Waals surface area contributed by atoms with Crippen LogP contribution in [0.4, 0.5) is 0 Å². The number of benzene rings is 2. The highest BCUT2D eigenvalue weighted by Gasteiger charge is 2.28. The highest BCUT2D eigenvalue weighted by molar-refractivity contribution is 5.85. The number of aromatic nitrogens is 2. The number of nitrogens with zero attached hydrogens (tertiary/aromatic N) is 2. The van der Waals surface area contributed by atoms with E-state index < -0.39 is 0 Å². The monoisotopic (exact) mass is 377 g/mol. The number of nitrogens with one attached hydrogen (secondary N) is 1. The van der Waals surface area contributed by atoms with Crippen LogP contribution in [0.15, 0.2) is 67.0 Å². The normalized spacial score (nSPS) is 19.1. The van der Waals surface area contributed by atoms with Crippen LogP contribution in [0, 0.1) is 0 Å². The summed E-state index contributed by atoms with van der Waals surface area (Å²) >= 11 is 0. The molecule has 2 N–H and O–H groups in total. The van der Waals surface area contributed by atoms with Crippen molar-refractivity contribution < 1.29 is 5.11 Å². The fourth-order valence-corrected chi connectivity index (χ4v) is 3.27. The summed E-state index contributed by atoms with van der Waals surface area (Å²) in [6.45, 7) is 1.39. The molecular weight excluding hydrogens is 357 g/mol. The molecule has 1 saturated heterocycles. The first kappa shape index (κ1) is 19.5. The second kappa shape index (κ2) is 8.50. The molecule has 2 atom stereocenters. The summed E-state index contributed by atoms with van der Waals surface area (Å²) in [7, 11) is 0. The lowest BCUT2D eigenvalue weighted by Gasteiger charge is -2.19. The van der Waals surface area contributed by atoms with Crippen molar-refractivity contribution in [3.63, 3.8) is 0 Å². The second-order valence-electron chi connectivity index (χ2n) is 5.86. The van der Waals surface area contributed by atoms with Gasteiger partial charge in [-0.2, -0.15) is 0 Å². The molecule has 132 valence electrons. The summed E-state index contributed by atoms with van der Waals surface area (Å²) in [4.78, 5) is 4.58. The van der Waals surface area contributed by atoms with Crippen LogP contribution >= 0.6 is 24.8 Å². The predicted molar refractivity (Wildman–Crippen MR) is 106 cm³/mol. The molecule has 4 rings (SSSR count). The van der Waals surface area contributed by atoms with E-state index in [0.29, 0.717) is 6.54 Å². The lowest BCUT2D eigenvalue weighted by atomic mass is 9.99. The SMILES string of the molecule is Cl.Cl.O[C@H]1CNC[C@H]1n1ccnc1-c1ccccc1-c1ccccc1. The first-order valence-electron chi connectivity index (χ1n) is 7.91. The summed E-state index contributed by atoms with van der Waals surface area (Å²) in [6, 6.07) is 18.6. The molecule has 1 aliphatic heterocycles. The number of rotatable bonds is 3. The Balaban J connectivity index is 0.00000113. The molecule has 6 heteroatoms. The van der Waals surface area contributed by atoms with Crippen LogP contribution in [0.3, 0.4) is 0 Å². The van der Waals surface area contributed by atoms with Crippen molar-refractivity contribution in [2.24, 2.45) is 0 Å². The van der Waals surface area contributed by atoms with Gasteiger partial charge in [0.15, 0.2) is 0 Å². The number of hydrogen-bond donors (Lipinski definition) is 2. The van der Waals surface area contributed by atoms with Gasteiger partial charge in [-0.25, -0.2) is 4.98 Å². The number of imidazole rings is 1. The molecule has 0 unspecified atom stereocenters. The third-order valence-corrected chi connectivity index (χ3v) is 4.43. The molecule has 1 fully saturated rings. The molecule has 1 aliphatic rings. The van der Waals surface area contributed by atoms with E-state index in [9.17, 15) is 5.11 Å². The Morgan fingerprint density at radius 3 is 2.28 bits per heavy atom. The minimum Gasteiger partial charge on any atom is -0.390 e. The first-order chi connectivity index (χ1) is 11.3. The van der Waals surface area contributed by atoms with E-state index in [1.807, 2.05) is 42.7 Å². The van der Waals surface area contributed by atoms with Crippen LogP contribution < -0.4 is 5.32 Å². The van der Waals surface area contributed by atoms with Crippen molar-refractivity contribution in [1.29, 1.82) is 0 Å². The van der Waals surface area contributed by atoms with Crippen molar-refractivity contribution in [3.8, 4) is 22.5 Å². The highest BCUT2D eigenvalue weighted by Crippen LogP contribution is 2.33. The Morgan fingerprint density at radius 1 is 0.920 bits per heavy atom. The molecule has 2 aromatic carbocycles. The maximum absolute atomic E-state index is 10.2. The van der Waals surface area contributed by atoms with Gasteiger partial charge < -0.3 is 15.0 Å². The Kier molecular flexibility index (Phi) is 6.62. The Bertz CT molecular complexity index is 807. The van der Waals surface area contributed by atoms with Crippen molar-refractivity contribution in [2.75, 3.05) is 13.1 Å². The number of aliphatic hydroxyl groups is 1. The molecular formula is C19H21Cl2N3O. The zero-order chi connectivity index (χ0) is 15.6. The topological polar surface area (TPSA) is 50.1 Å². The average Bonchev–Trinajstić information content (AvgIpc) is 3.24. The molecule has 0 bridgehead atoms. The number of aliphatic hydroxyl groups excluding tert-OH is 1. The lowest BCUT2D eigenvalue weighted by Crippen LogP contribution is -2.22. The predicted octanol–water partition coefficient (Wildman–Crippen LogP) is 3.57. The smallest absolute Gasteiger partial charge is 0.140 e. The van der Waals surface area contributed by atoms with Gasteiger partial charge in [0.25, 0.3) is 0 Å². The van der Waals surface area contributed by atoms with Crippen molar-refractivity contribution in [1.82, 2.24) is 14.9 Å². The van der Waals surface area contributed by atoms with Gasteiger partial charge in [0.05, 0.1) is 12.1 Å². The van der Waals surface area contributed by atoms with Gasteiger partial charge in [0.2, 0.25) is 0 Å². The standard InChI is InChI=1S/C19H19N3O.2ClH/c23-18-13-20-12-17(18)22-11-10-21-19(22)16-9-5-4-8-15(16)14-6-2-1-3-7-14;;/h1-11,17-18,20,23H,12-13H2;2*1H/t17-,18+;;/m1../s1. The molecule has 3 aromatic rings. The van der Waals surface area contributed by atoms with E-state index in [4.69, 9.17) is 0 Å². The van der Waals surface area contributed by atoms with E-state index in [0.717, 1.165) is 23.5 Å². The van der Waals surface area contributed by atoms with Gasteiger partial charge in [-0.05, 0) is 11.1 Å². The third-order valence-electron chi connectivity index (χ3n) is 4.43. The molecule has 0 amide bonds. The third kappa shape index (κ3) is 3.72. The molecule has 25 heavy (non-hydrogen) atoms. The quantitative estimate of drug-likeness (QED) is 0.733. The van der Waals surface area contributed by atoms with Gasteiger partial charge in [-0.15, -0.1) is 24.8 Å². The zero-order valence-corrected chi connectivity index (χ0v) is 15.2.